The number of phenols is 1. The topological polar surface area (TPSA) is 81.8 Å². The summed E-state index contributed by atoms with van der Waals surface area (Å²) in [6.07, 6.45) is 1.90. The van der Waals surface area contributed by atoms with E-state index in [0.717, 1.165) is 33.7 Å². The Kier molecular flexibility index (Phi) is 3.20. The number of rotatable bonds is 3. The van der Waals surface area contributed by atoms with Crippen molar-refractivity contribution < 1.29 is 9.90 Å². The first kappa shape index (κ1) is 14.3. The number of aromatic nitrogens is 3. The third-order valence-corrected chi connectivity index (χ3v) is 4.03. The molecule has 0 atom stereocenters. The molecule has 0 unspecified atom stereocenters. The summed E-state index contributed by atoms with van der Waals surface area (Å²) in [5.74, 6) is 0.986. The zero-order valence-electron chi connectivity index (χ0n) is 13.0. The number of phenolic OH excluding ortho intramolecular Hbond substituents is 1. The van der Waals surface area contributed by atoms with Crippen molar-refractivity contribution in [1.29, 1.82) is 0 Å². The first-order valence-electron chi connectivity index (χ1n) is 7.59. The molecule has 0 amide bonds. The van der Waals surface area contributed by atoms with Crippen molar-refractivity contribution in [2.75, 3.05) is 0 Å². The van der Waals surface area contributed by atoms with Crippen LogP contribution in [-0.4, -0.2) is 25.8 Å². The zero-order chi connectivity index (χ0) is 16.7. The first-order chi connectivity index (χ1) is 11.6. The molecule has 4 rings (SSSR count). The molecule has 0 aliphatic heterocycles. The summed E-state index contributed by atoms with van der Waals surface area (Å²) in [7, 11) is 0. The van der Waals surface area contributed by atoms with Crippen molar-refractivity contribution in [2.24, 2.45) is 0 Å². The number of aromatic amines is 2. The molecule has 5 heteroatoms. The highest BCUT2D eigenvalue weighted by Gasteiger charge is 2.10. The molecular formula is C19H15N3O2. The molecule has 2 aromatic heterocycles. The van der Waals surface area contributed by atoms with Gasteiger partial charge in [-0.25, -0.2) is 4.98 Å². The van der Waals surface area contributed by atoms with Gasteiger partial charge in [-0.3, -0.25) is 4.79 Å². The average molecular weight is 317 g/mol. The van der Waals surface area contributed by atoms with Crippen molar-refractivity contribution >= 4 is 16.8 Å². The van der Waals surface area contributed by atoms with Gasteiger partial charge in [0.25, 0.3) is 0 Å². The molecule has 0 aliphatic carbocycles. The highest BCUT2D eigenvalue weighted by Crippen LogP contribution is 2.27. The van der Waals surface area contributed by atoms with Crippen LogP contribution in [-0.2, 0) is 0 Å². The van der Waals surface area contributed by atoms with E-state index < -0.39 is 0 Å². The Hall–Kier alpha value is -3.34. The summed E-state index contributed by atoms with van der Waals surface area (Å²) in [4.78, 5) is 22.5. The molecule has 2 heterocycles. The minimum absolute atomic E-state index is 0.0240. The third kappa shape index (κ3) is 2.46. The second kappa shape index (κ2) is 5.38. The summed E-state index contributed by atoms with van der Waals surface area (Å²) >= 11 is 0. The highest BCUT2D eigenvalue weighted by molar-refractivity contribution is 5.97. The number of Topliss-reactive ketones (excluding diaryl/α,β-unsaturated/α-hetero) is 1. The molecular weight excluding hydrogens is 302 g/mol. The van der Waals surface area contributed by atoms with Gasteiger partial charge >= 0.3 is 0 Å². The van der Waals surface area contributed by atoms with E-state index in [1.54, 1.807) is 31.2 Å². The van der Waals surface area contributed by atoms with Crippen LogP contribution >= 0.6 is 0 Å². The Bertz CT molecular complexity index is 1040. The molecule has 118 valence electrons. The van der Waals surface area contributed by atoms with E-state index in [-0.39, 0.29) is 11.5 Å². The van der Waals surface area contributed by atoms with Crippen LogP contribution in [0.5, 0.6) is 5.75 Å². The van der Waals surface area contributed by atoms with Crippen LogP contribution in [0.4, 0.5) is 0 Å². The van der Waals surface area contributed by atoms with Crippen LogP contribution in [0, 0.1) is 0 Å². The van der Waals surface area contributed by atoms with Crippen LogP contribution in [0.2, 0.25) is 0 Å². The molecule has 0 fully saturated rings. The van der Waals surface area contributed by atoms with Gasteiger partial charge in [-0.2, -0.15) is 0 Å². The Morgan fingerprint density at radius 1 is 1.04 bits per heavy atom. The molecule has 24 heavy (non-hydrogen) atoms. The Balaban J connectivity index is 1.72. The maximum Gasteiger partial charge on any atom is 0.159 e. The molecule has 0 aliphatic rings. The van der Waals surface area contributed by atoms with Crippen LogP contribution in [0.1, 0.15) is 17.3 Å². The highest BCUT2D eigenvalue weighted by atomic mass is 16.3. The van der Waals surface area contributed by atoms with Gasteiger partial charge in [-0.05, 0) is 54.4 Å². The van der Waals surface area contributed by atoms with E-state index in [1.807, 2.05) is 30.5 Å². The number of nitrogens with one attached hydrogen (secondary N) is 2. The Morgan fingerprint density at radius 3 is 2.58 bits per heavy atom. The minimum atomic E-state index is 0.0240. The van der Waals surface area contributed by atoms with Crippen molar-refractivity contribution in [3.8, 4) is 28.4 Å². The fourth-order valence-corrected chi connectivity index (χ4v) is 2.70. The fraction of sp³-hybridized carbons (Fsp3) is 0.0526. The van der Waals surface area contributed by atoms with E-state index in [1.165, 1.54) is 0 Å². The number of ketones is 1. The number of aromatic hydroxyl groups is 1. The normalized spacial score (nSPS) is 11.0. The summed E-state index contributed by atoms with van der Waals surface area (Å²) in [5.41, 5.74) is 5.17. The quantitative estimate of drug-likeness (QED) is 0.497. The van der Waals surface area contributed by atoms with E-state index in [2.05, 4.69) is 15.0 Å². The summed E-state index contributed by atoms with van der Waals surface area (Å²) in [6, 6.07) is 14.5. The van der Waals surface area contributed by atoms with Crippen LogP contribution in [0.3, 0.4) is 0 Å². The molecule has 0 radical (unpaired) electrons. The average Bonchev–Trinajstić information content (AvgIpc) is 3.21. The Morgan fingerprint density at radius 2 is 1.83 bits per heavy atom. The third-order valence-electron chi connectivity index (χ3n) is 4.03. The lowest BCUT2D eigenvalue weighted by atomic mass is 10.1. The number of fused-ring (bicyclic) bond motifs is 1. The standard InChI is InChI=1S/C19H15N3O2/c1-11(23)13-4-7-16-17(8-13)22-19(21-16)18-9-14(10-20-18)12-2-5-15(24)6-3-12/h2-10,20,24H,1H3,(H,21,22). The van der Waals surface area contributed by atoms with Crippen molar-refractivity contribution in [3.05, 3.63) is 60.3 Å². The lowest BCUT2D eigenvalue weighted by molar-refractivity contribution is 0.101. The predicted molar refractivity (Wildman–Crippen MR) is 93.0 cm³/mol. The molecule has 5 nitrogen and oxygen atoms in total. The lowest BCUT2D eigenvalue weighted by Gasteiger charge is -1.96. The molecule has 0 saturated heterocycles. The molecule has 0 spiro atoms. The van der Waals surface area contributed by atoms with Crippen molar-refractivity contribution in [3.63, 3.8) is 0 Å². The number of carbonyl (C=O) groups excluding carboxylic acids is 1. The van der Waals surface area contributed by atoms with Gasteiger partial charge < -0.3 is 15.1 Å². The minimum Gasteiger partial charge on any atom is -0.508 e. The van der Waals surface area contributed by atoms with Crippen molar-refractivity contribution in [1.82, 2.24) is 15.0 Å². The molecule has 0 bridgehead atoms. The van der Waals surface area contributed by atoms with Crippen LogP contribution in [0.25, 0.3) is 33.7 Å². The molecule has 3 N–H and O–H groups in total. The maximum atomic E-state index is 11.5. The number of benzene rings is 2. The van der Waals surface area contributed by atoms with Crippen molar-refractivity contribution in [2.45, 2.75) is 6.92 Å². The van der Waals surface area contributed by atoms with Gasteiger partial charge in [-0.1, -0.05) is 12.1 Å². The van der Waals surface area contributed by atoms with Gasteiger partial charge in [0.1, 0.15) is 5.75 Å². The van der Waals surface area contributed by atoms with Gasteiger partial charge in [-0.15, -0.1) is 0 Å². The predicted octanol–water partition coefficient (Wildman–Crippen LogP) is 4.13. The number of nitrogens with zero attached hydrogens (tertiary/aromatic N) is 1. The van der Waals surface area contributed by atoms with E-state index in [4.69, 9.17) is 0 Å². The largest absolute Gasteiger partial charge is 0.508 e. The van der Waals surface area contributed by atoms with E-state index in [9.17, 15) is 9.90 Å². The molecule has 2 aromatic carbocycles. The molecule has 4 aromatic rings. The maximum absolute atomic E-state index is 11.5. The summed E-state index contributed by atoms with van der Waals surface area (Å²) in [6.45, 7) is 1.55. The van der Waals surface area contributed by atoms with Crippen LogP contribution in [0.15, 0.2) is 54.7 Å². The second-order valence-corrected chi connectivity index (χ2v) is 5.72. The van der Waals surface area contributed by atoms with E-state index in [0.29, 0.717) is 5.56 Å². The summed E-state index contributed by atoms with van der Waals surface area (Å²) < 4.78 is 0. The van der Waals surface area contributed by atoms with Gasteiger partial charge in [0.2, 0.25) is 0 Å². The smallest absolute Gasteiger partial charge is 0.159 e. The van der Waals surface area contributed by atoms with Gasteiger partial charge in [0.05, 0.1) is 16.7 Å². The van der Waals surface area contributed by atoms with Gasteiger partial charge in [0.15, 0.2) is 11.6 Å². The van der Waals surface area contributed by atoms with E-state index >= 15 is 0 Å². The number of hydrogen-bond donors (Lipinski definition) is 3. The molecule has 0 saturated carbocycles. The van der Waals surface area contributed by atoms with Crippen LogP contribution < -0.4 is 0 Å². The number of H-pyrrole nitrogens is 2. The fourth-order valence-electron chi connectivity index (χ4n) is 2.70. The first-order valence-corrected chi connectivity index (χ1v) is 7.59. The summed E-state index contributed by atoms with van der Waals surface area (Å²) in [5, 5.41) is 9.38. The zero-order valence-corrected chi connectivity index (χ0v) is 13.0. The second-order valence-electron chi connectivity index (χ2n) is 5.72. The lowest BCUT2D eigenvalue weighted by Crippen LogP contribution is -1.90. The number of imidazole rings is 1. The number of hydrogen-bond acceptors (Lipinski definition) is 3. The monoisotopic (exact) mass is 317 g/mol. The Labute approximate surface area is 138 Å². The van der Waals surface area contributed by atoms with Gasteiger partial charge in [0, 0.05) is 11.8 Å². The SMILES string of the molecule is CC(=O)c1ccc2[nH]c(-c3cc(-c4ccc(O)cc4)c[nH]3)nc2c1. The number of carbonyl (C=O) groups is 1.